The molecule has 108 valence electrons. The molecule has 3 heterocycles. The first-order valence-corrected chi connectivity index (χ1v) is 7.43. The molecule has 1 unspecified atom stereocenters. The number of nitrogens with one attached hydrogen (secondary N) is 1. The normalized spacial score (nSPS) is 19.6. The Morgan fingerprint density at radius 1 is 1.33 bits per heavy atom. The van der Waals surface area contributed by atoms with Crippen LogP contribution in [0.5, 0.6) is 0 Å². The molecule has 0 spiro atoms. The van der Waals surface area contributed by atoms with E-state index in [2.05, 4.69) is 56.2 Å². The van der Waals surface area contributed by atoms with Crippen LogP contribution in [0.3, 0.4) is 0 Å². The van der Waals surface area contributed by atoms with Crippen molar-refractivity contribution in [3.8, 4) is 0 Å². The second kappa shape index (κ2) is 5.00. The molecule has 1 aliphatic heterocycles. The fraction of sp³-hybridized carbons (Fsp3) is 0.375. The average Bonchev–Trinajstić information content (AvgIpc) is 3.18. The van der Waals surface area contributed by atoms with Gasteiger partial charge in [-0.1, -0.05) is 12.1 Å². The van der Waals surface area contributed by atoms with Gasteiger partial charge in [0.25, 0.3) is 0 Å². The third-order valence-electron chi connectivity index (χ3n) is 4.26. The third kappa shape index (κ3) is 2.45. The smallest absolute Gasteiger partial charge is 0.0658 e. The molecule has 1 aliphatic rings. The van der Waals surface area contributed by atoms with E-state index in [1.807, 2.05) is 12.4 Å². The number of benzene rings is 1. The van der Waals surface area contributed by atoms with E-state index >= 15 is 0 Å². The molecule has 1 atom stereocenters. The Bertz CT molecular complexity index is 757. The van der Waals surface area contributed by atoms with Crippen LogP contribution in [0.2, 0.25) is 0 Å². The predicted molar refractivity (Wildman–Crippen MR) is 82.0 cm³/mol. The number of nitrogens with zero attached hydrogens (tertiary/aromatic N) is 4. The lowest BCUT2D eigenvalue weighted by Gasteiger charge is -2.16. The highest BCUT2D eigenvalue weighted by Gasteiger charge is 2.24. The van der Waals surface area contributed by atoms with Crippen molar-refractivity contribution in [2.24, 2.45) is 0 Å². The summed E-state index contributed by atoms with van der Waals surface area (Å²) in [4.78, 5) is 2.50. The lowest BCUT2D eigenvalue weighted by molar-refractivity contribution is 0.312. The number of aromatic amines is 1. The van der Waals surface area contributed by atoms with Gasteiger partial charge in [-0.15, -0.1) is 0 Å². The maximum atomic E-state index is 4.45. The minimum Gasteiger partial charge on any atom is -0.297 e. The van der Waals surface area contributed by atoms with Crippen LogP contribution in [0, 0.1) is 6.92 Å². The lowest BCUT2D eigenvalue weighted by Crippen LogP contribution is -2.21. The highest BCUT2D eigenvalue weighted by atomic mass is 15.3. The van der Waals surface area contributed by atoms with Gasteiger partial charge >= 0.3 is 0 Å². The van der Waals surface area contributed by atoms with Gasteiger partial charge in [0.05, 0.1) is 24.0 Å². The molecule has 1 saturated heterocycles. The van der Waals surface area contributed by atoms with Crippen molar-refractivity contribution in [3.63, 3.8) is 0 Å². The summed E-state index contributed by atoms with van der Waals surface area (Å²) in [6.07, 6.45) is 7.12. The fourth-order valence-corrected chi connectivity index (χ4v) is 3.15. The van der Waals surface area contributed by atoms with Crippen LogP contribution in [0.1, 0.15) is 23.6 Å². The number of hydrogen-bond acceptors (Lipinski definition) is 3. The van der Waals surface area contributed by atoms with E-state index in [0.717, 1.165) is 25.2 Å². The van der Waals surface area contributed by atoms with E-state index in [-0.39, 0.29) is 0 Å². The first-order valence-electron chi connectivity index (χ1n) is 7.43. The van der Waals surface area contributed by atoms with Gasteiger partial charge in [-0.3, -0.25) is 14.7 Å². The maximum Gasteiger partial charge on any atom is 0.0658 e. The Labute approximate surface area is 123 Å². The third-order valence-corrected chi connectivity index (χ3v) is 4.26. The predicted octanol–water partition coefficient (Wildman–Crippen LogP) is 2.51. The van der Waals surface area contributed by atoms with Gasteiger partial charge in [0, 0.05) is 31.2 Å². The van der Waals surface area contributed by atoms with E-state index in [0.29, 0.717) is 6.04 Å². The van der Waals surface area contributed by atoms with E-state index in [4.69, 9.17) is 0 Å². The van der Waals surface area contributed by atoms with Crippen LogP contribution in [0.4, 0.5) is 0 Å². The Kier molecular flexibility index (Phi) is 3.00. The zero-order valence-corrected chi connectivity index (χ0v) is 12.2. The maximum absolute atomic E-state index is 4.45. The molecule has 0 bridgehead atoms. The van der Waals surface area contributed by atoms with Crippen molar-refractivity contribution >= 4 is 10.9 Å². The molecule has 0 amide bonds. The molecule has 0 radical (unpaired) electrons. The van der Waals surface area contributed by atoms with Crippen LogP contribution < -0.4 is 0 Å². The molecule has 0 aliphatic carbocycles. The van der Waals surface area contributed by atoms with Crippen molar-refractivity contribution in [3.05, 3.63) is 47.9 Å². The number of fused-ring (bicyclic) bond motifs is 1. The summed E-state index contributed by atoms with van der Waals surface area (Å²) < 4.78 is 2.12. The summed E-state index contributed by atoms with van der Waals surface area (Å²) in [6, 6.07) is 7.05. The Balaban J connectivity index is 1.46. The summed E-state index contributed by atoms with van der Waals surface area (Å²) >= 11 is 0. The van der Waals surface area contributed by atoms with Crippen molar-refractivity contribution in [1.29, 1.82) is 0 Å². The van der Waals surface area contributed by atoms with Gasteiger partial charge < -0.3 is 0 Å². The second-order valence-corrected chi connectivity index (χ2v) is 5.97. The monoisotopic (exact) mass is 281 g/mol. The van der Waals surface area contributed by atoms with E-state index < -0.39 is 0 Å². The number of hydrogen-bond donors (Lipinski definition) is 1. The first-order chi connectivity index (χ1) is 10.3. The number of likely N-dealkylation sites (tertiary alicyclic amines) is 1. The minimum atomic E-state index is 0.509. The van der Waals surface area contributed by atoms with Crippen LogP contribution in [-0.2, 0) is 6.54 Å². The number of H-pyrrole nitrogens is 1. The van der Waals surface area contributed by atoms with Crippen LogP contribution in [-0.4, -0.2) is 38.0 Å². The molecule has 1 aromatic carbocycles. The summed E-state index contributed by atoms with van der Waals surface area (Å²) in [7, 11) is 0. The lowest BCUT2D eigenvalue weighted by atomic mass is 10.1. The molecule has 0 saturated carbocycles. The molecular weight excluding hydrogens is 262 g/mol. The molecule has 4 rings (SSSR count). The Morgan fingerprint density at radius 3 is 3.14 bits per heavy atom. The Hall–Kier alpha value is -2.14. The molecule has 1 fully saturated rings. The summed E-state index contributed by atoms with van der Waals surface area (Å²) in [5.41, 5.74) is 3.69. The molecule has 5 nitrogen and oxygen atoms in total. The molecular formula is C16H19N5. The zero-order chi connectivity index (χ0) is 14.2. The zero-order valence-electron chi connectivity index (χ0n) is 12.2. The summed E-state index contributed by atoms with van der Waals surface area (Å²) in [6.45, 7) is 5.29. The largest absolute Gasteiger partial charge is 0.297 e. The van der Waals surface area contributed by atoms with E-state index in [1.54, 1.807) is 0 Å². The summed E-state index contributed by atoms with van der Waals surface area (Å²) in [5, 5.41) is 12.7. The number of aromatic nitrogens is 4. The number of aryl methyl sites for hydroxylation is 1. The van der Waals surface area contributed by atoms with Crippen molar-refractivity contribution < 1.29 is 0 Å². The van der Waals surface area contributed by atoms with Crippen molar-refractivity contribution in [2.45, 2.75) is 25.9 Å². The van der Waals surface area contributed by atoms with Crippen molar-refractivity contribution in [2.75, 3.05) is 13.1 Å². The highest BCUT2D eigenvalue weighted by Crippen LogP contribution is 2.23. The molecule has 21 heavy (non-hydrogen) atoms. The van der Waals surface area contributed by atoms with Gasteiger partial charge in [0.2, 0.25) is 0 Å². The van der Waals surface area contributed by atoms with Gasteiger partial charge in [0.1, 0.15) is 0 Å². The first kappa shape index (κ1) is 12.6. The van der Waals surface area contributed by atoms with Gasteiger partial charge in [-0.2, -0.15) is 10.2 Å². The second-order valence-electron chi connectivity index (χ2n) is 5.97. The van der Waals surface area contributed by atoms with Crippen LogP contribution in [0.25, 0.3) is 10.9 Å². The quantitative estimate of drug-likeness (QED) is 0.802. The standard InChI is InChI=1S/C16H19N5/c1-12-7-18-21(9-12)15-4-5-20(11-15)10-13-2-3-14-8-17-19-16(14)6-13/h2-3,6-9,15H,4-5,10-11H2,1H3,(H,17,19). The number of rotatable bonds is 3. The highest BCUT2D eigenvalue weighted by molar-refractivity contribution is 5.78. The molecule has 1 N–H and O–H groups in total. The summed E-state index contributed by atoms with van der Waals surface area (Å²) in [5.74, 6) is 0. The van der Waals surface area contributed by atoms with E-state index in [1.165, 1.54) is 22.9 Å². The SMILES string of the molecule is Cc1cnn(C2CCN(Cc3ccc4cn[nH]c4c3)C2)c1. The van der Waals surface area contributed by atoms with Crippen LogP contribution in [0.15, 0.2) is 36.8 Å². The fourth-order valence-electron chi connectivity index (χ4n) is 3.15. The molecule has 5 heteroatoms. The minimum absolute atomic E-state index is 0.509. The van der Waals surface area contributed by atoms with Crippen molar-refractivity contribution in [1.82, 2.24) is 24.9 Å². The van der Waals surface area contributed by atoms with E-state index in [9.17, 15) is 0 Å². The molecule has 2 aromatic heterocycles. The topological polar surface area (TPSA) is 49.7 Å². The van der Waals surface area contributed by atoms with Gasteiger partial charge in [-0.25, -0.2) is 0 Å². The van der Waals surface area contributed by atoms with Gasteiger partial charge in [-0.05, 0) is 30.5 Å². The molecule has 3 aromatic rings. The van der Waals surface area contributed by atoms with Crippen LogP contribution >= 0.6 is 0 Å². The average molecular weight is 281 g/mol. The van der Waals surface area contributed by atoms with Gasteiger partial charge in [0.15, 0.2) is 0 Å². The Morgan fingerprint density at radius 2 is 2.29 bits per heavy atom.